The lowest BCUT2D eigenvalue weighted by Gasteiger charge is -2.10. The number of amides is 1. The van der Waals surface area contributed by atoms with E-state index in [9.17, 15) is 4.79 Å². The van der Waals surface area contributed by atoms with Crippen molar-refractivity contribution in [3.8, 4) is 11.3 Å². The van der Waals surface area contributed by atoms with Gasteiger partial charge >= 0.3 is 0 Å². The largest absolute Gasteiger partial charge is 0.349 e. The van der Waals surface area contributed by atoms with Crippen LogP contribution in [0.25, 0.3) is 11.3 Å². The standard InChI is InChI=1S/C22H25ClN4O/c1-26(2)21(28)12-13-24-14-19-16-27(15-18-10-6-7-11-20(18)23)25-22(19)17-8-4-3-5-9-17/h3-11,16,24H,12-15H2,1-2H3. The maximum Gasteiger partial charge on any atom is 0.223 e. The van der Waals surface area contributed by atoms with Gasteiger partial charge in [-0.15, -0.1) is 0 Å². The molecule has 0 radical (unpaired) electrons. The minimum Gasteiger partial charge on any atom is -0.349 e. The van der Waals surface area contributed by atoms with Gasteiger partial charge in [-0.25, -0.2) is 0 Å². The molecule has 0 aliphatic carbocycles. The Morgan fingerprint density at radius 3 is 2.50 bits per heavy atom. The fourth-order valence-corrected chi connectivity index (χ4v) is 3.15. The Morgan fingerprint density at radius 2 is 1.79 bits per heavy atom. The van der Waals surface area contributed by atoms with Gasteiger partial charge in [0.2, 0.25) is 5.91 Å². The molecule has 146 valence electrons. The molecule has 2 aromatic carbocycles. The monoisotopic (exact) mass is 396 g/mol. The van der Waals surface area contributed by atoms with Gasteiger partial charge in [-0.1, -0.05) is 60.1 Å². The minimum atomic E-state index is 0.116. The van der Waals surface area contributed by atoms with E-state index < -0.39 is 0 Å². The summed E-state index contributed by atoms with van der Waals surface area (Å²) in [6, 6.07) is 17.9. The van der Waals surface area contributed by atoms with Crippen molar-refractivity contribution in [2.75, 3.05) is 20.6 Å². The lowest BCUT2D eigenvalue weighted by atomic mass is 10.1. The number of nitrogens with zero attached hydrogens (tertiary/aromatic N) is 3. The van der Waals surface area contributed by atoms with Gasteiger partial charge in [0.1, 0.15) is 0 Å². The van der Waals surface area contributed by atoms with E-state index in [1.165, 1.54) is 0 Å². The Balaban J connectivity index is 1.76. The first-order valence-electron chi connectivity index (χ1n) is 9.30. The van der Waals surface area contributed by atoms with Gasteiger partial charge in [-0.05, 0) is 11.6 Å². The van der Waals surface area contributed by atoms with Crippen LogP contribution in [0.5, 0.6) is 0 Å². The normalized spacial score (nSPS) is 10.8. The van der Waals surface area contributed by atoms with E-state index in [4.69, 9.17) is 16.7 Å². The van der Waals surface area contributed by atoms with Gasteiger partial charge in [-0.3, -0.25) is 9.48 Å². The summed E-state index contributed by atoms with van der Waals surface area (Å²) in [6.07, 6.45) is 2.52. The molecule has 1 aromatic heterocycles. The third-order valence-electron chi connectivity index (χ3n) is 4.50. The zero-order valence-corrected chi connectivity index (χ0v) is 17.0. The number of carbonyl (C=O) groups excluding carboxylic acids is 1. The van der Waals surface area contributed by atoms with E-state index in [-0.39, 0.29) is 5.91 Å². The number of hydrogen-bond donors (Lipinski definition) is 1. The summed E-state index contributed by atoms with van der Waals surface area (Å²) in [5.41, 5.74) is 4.14. The lowest BCUT2D eigenvalue weighted by molar-refractivity contribution is -0.128. The fraction of sp³-hybridized carbons (Fsp3) is 0.273. The molecule has 0 spiro atoms. The first-order valence-corrected chi connectivity index (χ1v) is 9.68. The summed E-state index contributed by atoms with van der Waals surface area (Å²) in [4.78, 5) is 13.3. The summed E-state index contributed by atoms with van der Waals surface area (Å²) in [5.74, 6) is 0.116. The van der Waals surface area contributed by atoms with Crippen molar-refractivity contribution >= 4 is 17.5 Å². The molecule has 0 unspecified atom stereocenters. The Labute approximate surface area is 170 Å². The summed E-state index contributed by atoms with van der Waals surface area (Å²) < 4.78 is 1.92. The predicted octanol–water partition coefficient (Wildman–Crippen LogP) is 3.82. The Kier molecular flexibility index (Phi) is 6.85. The highest BCUT2D eigenvalue weighted by Crippen LogP contribution is 2.23. The maximum absolute atomic E-state index is 11.7. The van der Waals surface area contributed by atoms with Crippen molar-refractivity contribution in [2.45, 2.75) is 19.5 Å². The third-order valence-corrected chi connectivity index (χ3v) is 4.87. The van der Waals surface area contributed by atoms with Crippen LogP contribution in [-0.4, -0.2) is 41.2 Å². The summed E-state index contributed by atoms with van der Waals surface area (Å²) >= 11 is 6.31. The van der Waals surface area contributed by atoms with Gasteiger partial charge in [0.25, 0.3) is 0 Å². The van der Waals surface area contributed by atoms with Crippen LogP contribution in [-0.2, 0) is 17.9 Å². The van der Waals surface area contributed by atoms with Crippen LogP contribution in [0.4, 0.5) is 0 Å². The maximum atomic E-state index is 11.7. The van der Waals surface area contributed by atoms with Crippen LogP contribution in [0, 0.1) is 0 Å². The molecule has 0 saturated heterocycles. The molecule has 1 amide bonds. The average molecular weight is 397 g/mol. The molecule has 6 heteroatoms. The highest BCUT2D eigenvalue weighted by molar-refractivity contribution is 6.31. The number of benzene rings is 2. The lowest BCUT2D eigenvalue weighted by Crippen LogP contribution is -2.26. The van der Waals surface area contributed by atoms with Crippen LogP contribution in [0.2, 0.25) is 5.02 Å². The van der Waals surface area contributed by atoms with E-state index in [1.54, 1.807) is 19.0 Å². The molecule has 0 fully saturated rings. The second-order valence-corrected chi connectivity index (χ2v) is 7.28. The molecule has 0 aliphatic heterocycles. The predicted molar refractivity (Wildman–Crippen MR) is 113 cm³/mol. The van der Waals surface area contributed by atoms with Crippen LogP contribution in [0.15, 0.2) is 60.8 Å². The highest BCUT2D eigenvalue weighted by Gasteiger charge is 2.12. The van der Waals surface area contributed by atoms with Crippen molar-refractivity contribution in [1.82, 2.24) is 20.0 Å². The number of halogens is 1. The molecule has 5 nitrogen and oxygen atoms in total. The van der Waals surface area contributed by atoms with Crippen LogP contribution < -0.4 is 5.32 Å². The first kappa shape index (κ1) is 20.1. The Morgan fingerprint density at radius 1 is 1.07 bits per heavy atom. The van der Waals surface area contributed by atoms with E-state index in [0.29, 0.717) is 26.1 Å². The SMILES string of the molecule is CN(C)C(=O)CCNCc1cn(Cc2ccccc2Cl)nc1-c1ccccc1. The topological polar surface area (TPSA) is 50.2 Å². The number of carbonyl (C=O) groups is 1. The molecule has 28 heavy (non-hydrogen) atoms. The van der Waals surface area contributed by atoms with Gasteiger partial charge < -0.3 is 10.2 Å². The van der Waals surface area contributed by atoms with Gasteiger partial charge in [0.05, 0.1) is 12.2 Å². The molecule has 1 heterocycles. The van der Waals surface area contributed by atoms with E-state index in [2.05, 4.69) is 17.4 Å². The van der Waals surface area contributed by atoms with Crippen molar-refractivity contribution in [1.29, 1.82) is 0 Å². The number of aromatic nitrogens is 2. The van der Waals surface area contributed by atoms with Crippen LogP contribution in [0.3, 0.4) is 0 Å². The van der Waals surface area contributed by atoms with Crippen molar-refractivity contribution in [3.05, 3.63) is 76.9 Å². The number of nitrogens with one attached hydrogen (secondary N) is 1. The van der Waals surface area contributed by atoms with Gasteiger partial charge in [0, 0.05) is 56.0 Å². The first-order chi connectivity index (χ1) is 13.5. The minimum absolute atomic E-state index is 0.116. The molecule has 3 rings (SSSR count). The zero-order chi connectivity index (χ0) is 19.9. The van der Waals surface area contributed by atoms with E-state index in [0.717, 1.165) is 27.4 Å². The molecule has 0 saturated carbocycles. The third kappa shape index (κ3) is 5.21. The van der Waals surface area contributed by atoms with Crippen LogP contribution >= 0.6 is 11.6 Å². The molecule has 3 aromatic rings. The van der Waals surface area contributed by atoms with Crippen molar-refractivity contribution in [3.63, 3.8) is 0 Å². The van der Waals surface area contributed by atoms with Crippen LogP contribution in [0.1, 0.15) is 17.5 Å². The smallest absolute Gasteiger partial charge is 0.223 e. The summed E-state index contributed by atoms with van der Waals surface area (Å²) in [6.45, 7) is 1.88. The fourth-order valence-electron chi connectivity index (χ4n) is 2.96. The number of rotatable bonds is 8. The number of hydrogen-bond acceptors (Lipinski definition) is 3. The van der Waals surface area contributed by atoms with Gasteiger partial charge in [-0.2, -0.15) is 5.10 Å². The highest BCUT2D eigenvalue weighted by atomic mass is 35.5. The summed E-state index contributed by atoms with van der Waals surface area (Å²) in [5, 5.41) is 8.90. The summed E-state index contributed by atoms with van der Waals surface area (Å²) in [7, 11) is 3.54. The molecule has 0 atom stereocenters. The van der Waals surface area contributed by atoms with E-state index >= 15 is 0 Å². The second kappa shape index (κ2) is 9.53. The quantitative estimate of drug-likeness (QED) is 0.589. The molecule has 0 aliphatic rings. The molecule has 1 N–H and O–H groups in total. The Bertz CT molecular complexity index is 921. The van der Waals surface area contributed by atoms with Gasteiger partial charge in [0.15, 0.2) is 0 Å². The zero-order valence-electron chi connectivity index (χ0n) is 16.2. The average Bonchev–Trinajstić information content (AvgIpc) is 3.10. The van der Waals surface area contributed by atoms with Crippen molar-refractivity contribution in [2.24, 2.45) is 0 Å². The van der Waals surface area contributed by atoms with E-state index in [1.807, 2.05) is 53.3 Å². The molecular weight excluding hydrogens is 372 g/mol. The van der Waals surface area contributed by atoms with Crippen molar-refractivity contribution < 1.29 is 4.79 Å². The molecular formula is C22H25ClN4O. The Hall–Kier alpha value is -2.63. The second-order valence-electron chi connectivity index (χ2n) is 6.87. The molecule has 0 bridgehead atoms.